The molecule has 0 aliphatic carbocycles. The fourth-order valence-corrected chi connectivity index (χ4v) is 1.53. The van der Waals surface area contributed by atoms with E-state index < -0.39 is 6.10 Å². The van der Waals surface area contributed by atoms with E-state index >= 15 is 0 Å². The molecule has 0 fully saturated rings. The summed E-state index contributed by atoms with van der Waals surface area (Å²) in [5, 5.41) is 9.80. The van der Waals surface area contributed by atoms with E-state index in [9.17, 15) is 5.11 Å². The molecule has 0 aromatic rings. The van der Waals surface area contributed by atoms with E-state index in [1.165, 1.54) is 0 Å². The van der Waals surface area contributed by atoms with E-state index in [2.05, 4.69) is 18.7 Å². The van der Waals surface area contributed by atoms with Crippen molar-refractivity contribution >= 4 is 0 Å². The molecule has 0 rings (SSSR count). The molecule has 0 saturated heterocycles. The molecular formula is C13H29NO3. The number of rotatable bonds is 12. The van der Waals surface area contributed by atoms with E-state index in [1.54, 1.807) is 0 Å². The molecule has 0 heterocycles. The molecule has 0 aromatic heterocycles. The number of hydrogen-bond donors (Lipinski definition) is 1. The highest BCUT2D eigenvalue weighted by Crippen LogP contribution is 1.96. The van der Waals surface area contributed by atoms with Gasteiger partial charge in [0.1, 0.15) is 0 Å². The molecule has 1 N–H and O–H groups in total. The van der Waals surface area contributed by atoms with E-state index in [1.807, 2.05) is 6.92 Å². The van der Waals surface area contributed by atoms with Crippen molar-refractivity contribution in [3.05, 3.63) is 0 Å². The van der Waals surface area contributed by atoms with Crippen LogP contribution < -0.4 is 0 Å². The Labute approximate surface area is 106 Å². The van der Waals surface area contributed by atoms with Crippen molar-refractivity contribution in [2.24, 2.45) is 0 Å². The van der Waals surface area contributed by atoms with Crippen LogP contribution in [0.2, 0.25) is 0 Å². The zero-order chi connectivity index (χ0) is 12.9. The van der Waals surface area contributed by atoms with Crippen LogP contribution in [0.3, 0.4) is 0 Å². The van der Waals surface area contributed by atoms with Gasteiger partial charge >= 0.3 is 0 Å². The predicted octanol–water partition coefficient (Wildman–Crippen LogP) is 1.52. The second-order valence-electron chi connectivity index (χ2n) is 4.17. The molecule has 0 aromatic carbocycles. The molecule has 0 radical (unpaired) electrons. The Kier molecular flexibility index (Phi) is 12.2. The van der Waals surface area contributed by atoms with Gasteiger partial charge in [-0.3, -0.25) is 4.90 Å². The molecule has 0 spiro atoms. The smallest absolute Gasteiger partial charge is 0.0900 e. The van der Waals surface area contributed by atoms with E-state index in [0.717, 1.165) is 45.8 Å². The van der Waals surface area contributed by atoms with Gasteiger partial charge in [0.2, 0.25) is 0 Å². The minimum absolute atomic E-state index is 0.395. The first-order valence-electron chi connectivity index (χ1n) is 6.80. The molecule has 4 nitrogen and oxygen atoms in total. The fourth-order valence-electron chi connectivity index (χ4n) is 1.53. The first-order valence-corrected chi connectivity index (χ1v) is 6.80. The molecule has 0 amide bonds. The second kappa shape index (κ2) is 12.3. The largest absolute Gasteiger partial charge is 0.389 e. The molecule has 104 valence electrons. The quantitative estimate of drug-likeness (QED) is 0.531. The Bertz CT molecular complexity index is 156. The molecule has 0 bridgehead atoms. The maximum absolute atomic E-state index is 9.80. The highest BCUT2D eigenvalue weighted by molar-refractivity contribution is 4.62. The summed E-state index contributed by atoms with van der Waals surface area (Å²) in [7, 11) is 0. The summed E-state index contributed by atoms with van der Waals surface area (Å²) in [5.74, 6) is 0. The number of likely N-dealkylation sites (N-methyl/N-ethyl adjacent to an activating group) is 1. The maximum atomic E-state index is 9.80. The highest BCUT2D eigenvalue weighted by atomic mass is 16.5. The van der Waals surface area contributed by atoms with Gasteiger partial charge in [-0.25, -0.2) is 0 Å². The van der Waals surface area contributed by atoms with Crippen molar-refractivity contribution in [3.63, 3.8) is 0 Å². The van der Waals surface area contributed by atoms with Crippen LogP contribution in [-0.4, -0.2) is 62.2 Å². The summed E-state index contributed by atoms with van der Waals surface area (Å²) in [6.45, 7) is 11.3. The lowest BCUT2D eigenvalue weighted by atomic mass is 10.3. The van der Waals surface area contributed by atoms with Crippen LogP contribution in [0.15, 0.2) is 0 Å². The van der Waals surface area contributed by atoms with Gasteiger partial charge in [-0.15, -0.1) is 0 Å². The Morgan fingerprint density at radius 3 is 2.47 bits per heavy atom. The van der Waals surface area contributed by atoms with E-state index in [4.69, 9.17) is 9.47 Å². The Hall–Kier alpha value is -0.160. The average Bonchev–Trinajstić information content (AvgIpc) is 2.33. The van der Waals surface area contributed by atoms with Crippen molar-refractivity contribution in [1.29, 1.82) is 0 Å². The monoisotopic (exact) mass is 247 g/mol. The van der Waals surface area contributed by atoms with Gasteiger partial charge < -0.3 is 14.6 Å². The summed E-state index contributed by atoms with van der Waals surface area (Å²) in [5.41, 5.74) is 0. The minimum Gasteiger partial charge on any atom is -0.389 e. The standard InChI is InChI=1S/C13H29NO3/c1-4-7-9-17-12-13(15)11-14(5-2)8-10-16-6-3/h13,15H,4-12H2,1-3H3. The summed E-state index contributed by atoms with van der Waals surface area (Å²) in [6.07, 6.45) is 1.80. The van der Waals surface area contributed by atoms with Gasteiger partial charge in [0.25, 0.3) is 0 Å². The zero-order valence-corrected chi connectivity index (χ0v) is 11.7. The number of nitrogens with zero attached hydrogens (tertiary/aromatic N) is 1. The zero-order valence-electron chi connectivity index (χ0n) is 11.7. The van der Waals surface area contributed by atoms with Gasteiger partial charge in [-0.1, -0.05) is 20.3 Å². The van der Waals surface area contributed by atoms with Crippen LogP contribution in [0, 0.1) is 0 Å². The number of hydrogen-bond acceptors (Lipinski definition) is 4. The van der Waals surface area contributed by atoms with Crippen molar-refractivity contribution < 1.29 is 14.6 Å². The Balaban J connectivity index is 3.55. The lowest BCUT2D eigenvalue weighted by Crippen LogP contribution is -2.37. The maximum Gasteiger partial charge on any atom is 0.0900 e. The van der Waals surface area contributed by atoms with Crippen molar-refractivity contribution in [1.82, 2.24) is 4.90 Å². The van der Waals surface area contributed by atoms with Crippen molar-refractivity contribution in [2.75, 3.05) is 46.1 Å². The summed E-state index contributed by atoms with van der Waals surface area (Å²) in [4.78, 5) is 2.18. The van der Waals surface area contributed by atoms with Crippen LogP contribution >= 0.6 is 0 Å². The summed E-state index contributed by atoms with van der Waals surface area (Å²) < 4.78 is 10.7. The third-order valence-electron chi connectivity index (χ3n) is 2.62. The predicted molar refractivity (Wildman–Crippen MR) is 70.3 cm³/mol. The third kappa shape index (κ3) is 10.7. The lowest BCUT2D eigenvalue weighted by Gasteiger charge is -2.23. The van der Waals surface area contributed by atoms with Gasteiger partial charge in [0.15, 0.2) is 0 Å². The van der Waals surface area contributed by atoms with Gasteiger partial charge in [-0.2, -0.15) is 0 Å². The highest BCUT2D eigenvalue weighted by Gasteiger charge is 2.10. The average molecular weight is 247 g/mol. The molecule has 0 saturated carbocycles. The number of aliphatic hydroxyl groups excluding tert-OH is 1. The van der Waals surface area contributed by atoms with Crippen LogP contribution in [0.5, 0.6) is 0 Å². The summed E-state index contributed by atoms with van der Waals surface area (Å²) in [6, 6.07) is 0. The van der Waals surface area contributed by atoms with Gasteiger partial charge in [0, 0.05) is 26.3 Å². The number of unbranched alkanes of at least 4 members (excludes halogenated alkanes) is 1. The van der Waals surface area contributed by atoms with Crippen molar-refractivity contribution in [2.45, 2.75) is 39.7 Å². The van der Waals surface area contributed by atoms with Gasteiger partial charge in [-0.05, 0) is 19.9 Å². The topological polar surface area (TPSA) is 41.9 Å². The second-order valence-corrected chi connectivity index (χ2v) is 4.17. The van der Waals surface area contributed by atoms with Crippen LogP contribution in [0.1, 0.15) is 33.6 Å². The van der Waals surface area contributed by atoms with Crippen molar-refractivity contribution in [3.8, 4) is 0 Å². The van der Waals surface area contributed by atoms with Gasteiger partial charge in [0.05, 0.1) is 19.3 Å². The fraction of sp³-hybridized carbons (Fsp3) is 1.00. The third-order valence-corrected chi connectivity index (χ3v) is 2.62. The van der Waals surface area contributed by atoms with Crippen LogP contribution in [0.25, 0.3) is 0 Å². The molecule has 1 atom stereocenters. The normalized spacial score (nSPS) is 13.2. The summed E-state index contributed by atoms with van der Waals surface area (Å²) >= 11 is 0. The van der Waals surface area contributed by atoms with E-state index in [-0.39, 0.29) is 0 Å². The molecule has 17 heavy (non-hydrogen) atoms. The molecule has 0 aliphatic heterocycles. The number of aliphatic hydroxyl groups is 1. The van der Waals surface area contributed by atoms with Crippen LogP contribution in [0.4, 0.5) is 0 Å². The first-order chi connectivity index (χ1) is 8.24. The molecular weight excluding hydrogens is 218 g/mol. The minimum atomic E-state index is -0.395. The molecule has 1 unspecified atom stereocenters. The Morgan fingerprint density at radius 2 is 1.88 bits per heavy atom. The van der Waals surface area contributed by atoms with Crippen LogP contribution in [-0.2, 0) is 9.47 Å². The Morgan fingerprint density at radius 1 is 1.12 bits per heavy atom. The lowest BCUT2D eigenvalue weighted by molar-refractivity contribution is 0.0113. The SMILES string of the molecule is CCCCOCC(O)CN(CC)CCOCC. The van der Waals surface area contributed by atoms with E-state index in [0.29, 0.717) is 13.2 Å². The molecule has 0 aliphatic rings. The number of ether oxygens (including phenoxy) is 2. The molecule has 4 heteroatoms. The first kappa shape index (κ1) is 16.8.